The van der Waals surface area contributed by atoms with E-state index < -0.39 is 25.4 Å². The summed E-state index contributed by atoms with van der Waals surface area (Å²) in [4.78, 5) is 0. The molecule has 0 saturated carbocycles. The van der Waals surface area contributed by atoms with Gasteiger partial charge in [-0.1, -0.05) is 0 Å². The molecule has 5 aromatic carbocycles. The molecule has 0 atom stereocenters. The van der Waals surface area contributed by atoms with Crippen LogP contribution in [0.4, 0.5) is 0 Å². The van der Waals surface area contributed by atoms with Crippen molar-refractivity contribution in [3.63, 3.8) is 0 Å². The van der Waals surface area contributed by atoms with Gasteiger partial charge in [0.05, 0.1) is 0 Å². The van der Waals surface area contributed by atoms with E-state index in [0.717, 1.165) is 6.42 Å². The van der Waals surface area contributed by atoms with Gasteiger partial charge in [-0.25, -0.2) is 0 Å². The number of benzene rings is 5. The van der Waals surface area contributed by atoms with Crippen molar-refractivity contribution in [3.05, 3.63) is 172 Å². The van der Waals surface area contributed by atoms with E-state index in [9.17, 15) is 0 Å². The molecule has 6 rings (SSSR count). The van der Waals surface area contributed by atoms with Crippen molar-refractivity contribution in [1.82, 2.24) is 0 Å². The predicted molar refractivity (Wildman–Crippen MR) is 159 cm³/mol. The molecule has 37 heavy (non-hydrogen) atoms. The maximum absolute atomic E-state index is 4.89. The minimum atomic E-state index is -4.89. The Balaban J connectivity index is 0.00000280. The summed E-state index contributed by atoms with van der Waals surface area (Å²) in [5.41, 5.74) is 0. The van der Waals surface area contributed by atoms with Crippen molar-refractivity contribution in [3.8, 4) is 0 Å². The molecule has 1 aliphatic carbocycles. The van der Waals surface area contributed by atoms with Crippen LogP contribution in [0.2, 0.25) is 0 Å². The number of hydrogen-bond acceptors (Lipinski definition) is 0. The van der Waals surface area contributed by atoms with Crippen LogP contribution in [-0.2, 0) is 0 Å². The molecule has 0 radical (unpaired) electrons. The molecule has 0 spiro atoms. The van der Waals surface area contributed by atoms with Gasteiger partial charge in [-0.05, 0) is 0 Å². The molecule has 193 valence electrons. The van der Waals surface area contributed by atoms with Crippen molar-refractivity contribution in [2.45, 2.75) is 6.42 Å². The fourth-order valence-electron chi connectivity index (χ4n) is 5.01. The molecule has 0 N–H and O–H groups in total. The van der Waals surface area contributed by atoms with Crippen molar-refractivity contribution in [2.24, 2.45) is 0 Å². The fraction of sp³-hybridized carbons (Fsp3) is 0.0286. The quantitative estimate of drug-likeness (QED) is 0.206. The zero-order valence-corrected chi connectivity index (χ0v) is 23.0. The van der Waals surface area contributed by atoms with Crippen LogP contribution >= 0.6 is 12.4 Å². The SMILES string of the molecule is C1=CC[C]([Lu]([c]2ccccc2)([c]2ccccc2)([c]2ccccc2)([c]2ccccc2)[c]2ccccc2)=C1.Cl. The summed E-state index contributed by atoms with van der Waals surface area (Å²) in [6, 6.07) is 56.6. The van der Waals surface area contributed by atoms with Gasteiger partial charge < -0.3 is 0 Å². The van der Waals surface area contributed by atoms with E-state index in [1.54, 1.807) is 0 Å². The first-order chi connectivity index (χ1) is 17.8. The Morgan fingerprint density at radius 3 is 0.865 bits per heavy atom. The summed E-state index contributed by atoms with van der Waals surface area (Å²) in [6.45, 7) is 0. The van der Waals surface area contributed by atoms with Gasteiger partial charge in [-0.15, -0.1) is 12.4 Å². The van der Waals surface area contributed by atoms with E-state index in [1.165, 1.54) is 10.7 Å². The Hall–Kier alpha value is -2.90. The standard InChI is InChI=1S/5C6H5.C5H5.ClH.Lu/c5*1-2-4-6-5-3-1;1-2-4-5-3-1;;/h5*1-5H;1-3H,4H2;1H;. The van der Waals surface area contributed by atoms with Gasteiger partial charge in [-0.2, -0.15) is 0 Å². The Morgan fingerprint density at radius 1 is 0.378 bits per heavy atom. The van der Waals surface area contributed by atoms with Gasteiger partial charge in [-0.3, -0.25) is 0 Å². The summed E-state index contributed by atoms with van der Waals surface area (Å²) in [6.07, 6.45) is 7.90. The van der Waals surface area contributed by atoms with Crippen molar-refractivity contribution in [2.75, 3.05) is 0 Å². The Labute approximate surface area is 222 Å². The second-order valence-corrected chi connectivity index (χ2v) is 20.3. The van der Waals surface area contributed by atoms with Crippen LogP contribution < -0.4 is 8.92 Å². The van der Waals surface area contributed by atoms with E-state index in [-0.39, 0.29) is 12.4 Å². The molecule has 0 saturated heterocycles. The van der Waals surface area contributed by atoms with Crippen LogP contribution in [0.1, 0.15) is 6.42 Å². The monoisotopic (exact) mass is 661 g/mol. The van der Waals surface area contributed by atoms with Crippen LogP contribution in [0.25, 0.3) is 0 Å². The second kappa shape index (κ2) is 9.77. The normalized spacial score (nSPS) is 14.6. The summed E-state index contributed by atoms with van der Waals surface area (Å²) in [7, 11) is 0. The molecule has 0 amide bonds. The van der Waals surface area contributed by atoms with Crippen LogP contribution in [0.3, 0.4) is 0 Å². The van der Waals surface area contributed by atoms with Gasteiger partial charge in [0, 0.05) is 0 Å². The smallest absolute Gasteiger partial charge is 0.147 e. The topological polar surface area (TPSA) is 0 Å². The van der Waals surface area contributed by atoms with Crippen LogP contribution in [0.5, 0.6) is 0 Å². The number of halogens is 1. The van der Waals surface area contributed by atoms with Crippen LogP contribution in [0, 0.1) is 25.4 Å². The third-order valence-corrected chi connectivity index (χ3v) is 24.4. The van der Waals surface area contributed by atoms with Gasteiger partial charge in [0.1, 0.15) is 0 Å². The Bertz CT molecular complexity index is 1300. The predicted octanol–water partition coefficient (Wildman–Crippen LogP) is 6.11. The van der Waals surface area contributed by atoms with Crippen molar-refractivity contribution >= 4 is 21.3 Å². The largest absolute Gasteiger partial charge is 0.147 e. The van der Waals surface area contributed by atoms with E-state index >= 15 is 0 Å². The van der Waals surface area contributed by atoms with Crippen LogP contribution in [0.15, 0.2) is 172 Å². The molecular formula is C35H31ClLu. The van der Waals surface area contributed by atoms with E-state index in [0.29, 0.717) is 0 Å². The molecule has 0 heterocycles. The summed E-state index contributed by atoms with van der Waals surface area (Å²) < 4.78 is 8.28. The zero-order chi connectivity index (χ0) is 24.4. The van der Waals surface area contributed by atoms with Crippen molar-refractivity contribution < 1.29 is 25.4 Å². The van der Waals surface area contributed by atoms with Gasteiger partial charge in [0.15, 0.2) is 0 Å². The van der Waals surface area contributed by atoms with Gasteiger partial charge in [0.25, 0.3) is 0 Å². The first kappa shape index (κ1) is 25.7. The van der Waals surface area contributed by atoms with Gasteiger partial charge in [0.2, 0.25) is 0 Å². The minimum absolute atomic E-state index is 0. The number of allylic oxidation sites excluding steroid dienone is 4. The molecule has 0 nitrogen and oxygen atoms in total. The van der Waals surface area contributed by atoms with E-state index in [4.69, 9.17) is 0 Å². The molecule has 0 aromatic heterocycles. The maximum atomic E-state index is 2.42. The molecule has 2 heteroatoms. The third kappa shape index (κ3) is 2.96. The Morgan fingerprint density at radius 2 is 0.649 bits per heavy atom. The summed E-state index contributed by atoms with van der Waals surface area (Å²) >= 11 is -4.89. The number of rotatable bonds is 6. The molecular weight excluding hydrogens is 631 g/mol. The first-order valence-electron chi connectivity index (χ1n) is 12.0. The summed E-state index contributed by atoms with van der Waals surface area (Å²) in [5, 5.41) is 0. The fourth-order valence-corrected chi connectivity index (χ4v) is 24.0. The van der Waals surface area contributed by atoms with Crippen LogP contribution in [-0.4, -0.2) is 0 Å². The number of hydrogen-bond donors (Lipinski definition) is 0. The molecule has 5 aromatic rings. The third-order valence-electron chi connectivity index (χ3n) is 6.43. The zero-order valence-electron chi connectivity index (χ0n) is 20.5. The van der Waals surface area contributed by atoms with E-state index in [2.05, 4.69) is 170 Å². The minimum Gasteiger partial charge on any atom is -0.147 e. The molecule has 0 fully saturated rings. The average molecular weight is 662 g/mol. The average Bonchev–Trinajstić information content (AvgIpc) is 3.54. The molecule has 0 aliphatic heterocycles. The maximum Gasteiger partial charge on any atom is -0.147 e. The second-order valence-electron chi connectivity index (χ2n) is 8.27. The Kier molecular flexibility index (Phi) is 6.79. The van der Waals surface area contributed by atoms with E-state index in [1.807, 2.05) is 0 Å². The molecule has 0 bridgehead atoms. The van der Waals surface area contributed by atoms with Crippen molar-refractivity contribution in [1.29, 1.82) is 0 Å². The molecule has 1 aliphatic rings. The summed E-state index contributed by atoms with van der Waals surface area (Å²) in [5.74, 6) is 0. The first-order valence-corrected chi connectivity index (χ1v) is 17.0. The van der Waals surface area contributed by atoms with Gasteiger partial charge >= 0.3 is 212 Å². The molecule has 0 unspecified atom stereocenters.